The summed E-state index contributed by atoms with van der Waals surface area (Å²) < 4.78 is 52.6. The highest BCUT2D eigenvalue weighted by Gasteiger charge is 2.48. The average molecular weight is 487 g/mol. The Hall–Kier alpha value is -2.92. The van der Waals surface area contributed by atoms with Crippen molar-refractivity contribution < 1.29 is 27.4 Å². The molecule has 1 aliphatic rings. The zero-order valence-electron chi connectivity index (χ0n) is 16.9. The smallest absolute Gasteiger partial charge is 0.410 e. The Bertz CT molecular complexity index is 1130. The number of carbonyl (C=O) groups is 1. The van der Waals surface area contributed by atoms with Crippen molar-refractivity contribution in [1.29, 1.82) is 0 Å². The molecule has 1 aliphatic heterocycles. The minimum Gasteiger partial charge on any atom is -0.497 e. The molecule has 3 heterocycles. The number of benzene rings is 1. The van der Waals surface area contributed by atoms with Gasteiger partial charge < -0.3 is 20.1 Å². The lowest BCUT2D eigenvalue weighted by molar-refractivity contribution is -0.173. The molecule has 4 rings (SSSR count). The van der Waals surface area contributed by atoms with Gasteiger partial charge in [-0.25, -0.2) is 4.68 Å². The summed E-state index contributed by atoms with van der Waals surface area (Å²) >= 11 is 7.68. The lowest BCUT2D eigenvalue weighted by Crippen LogP contribution is -2.35. The number of fused-ring (bicyclic) bond motifs is 1. The molecule has 2 N–H and O–H groups in total. The molecule has 7 nitrogen and oxygen atoms in total. The third kappa shape index (κ3) is 4.09. The molecule has 2 atom stereocenters. The van der Waals surface area contributed by atoms with Crippen molar-refractivity contribution in [3.63, 3.8) is 0 Å². The van der Waals surface area contributed by atoms with Crippen LogP contribution in [0.15, 0.2) is 35.7 Å². The lowest BCUT2D eigenvalue weighted by Gasteiger charge is -2.32. The summed E-state index contributed by atoms with van der Waals surface area (Å²) in [4.78, 5) is 13.6. The van der Waals surface area contributed by atoms with Crippen LogP contribution < -0.4 is 20.1 Å². The number of nitrogens with zero attached hydrogens (tertiary/aromatic N) is 2. The molecule has 0 spiro atoms. The summed E-state index contributed by atoms with van der Waals surface area (Å²) in [6.07, 6.45) is -4.85. The molecular weight excluding hydrogens is 469 g/mol. The van der Waals surface area contributed by atoms with Crippen LogP contribution in [0.5, 0.6) is 11.5 Å². The second-order valence-corrected chi connectivity index (χ2v) is 8.34. The molecule has 170 valence electrons. The molecule has 0 fully saturated rings. The zero-order valence-corrected chi connectivity index (χ0v) is 18.4. The van der Waals surface area contributed by atoms with Crippen LogP contribution in [0.4, 0.5) is 24.7 Å². The van der Waals surface area contributed by atoms with E-state index < -0.39 is 24.2 Å². The number of hydrogen-bond acceptors (Lipinski definition) is 6. The third-order valence-electron chi connectivity index (χ3n) is 5.05. The fraction of sp³-hybridized carbons (Fsp3) is 0.300. The van der Waals surface area contributed by atoms with Gasteiger partial charge in [-0.1, -0.05) is 17.7 Å². The molecule has 1 amide bonds. The number of thiophene rings is 1. The topological polar surface area (TPSA) is 77.4 Å². The number of rotatable bonds is 5. The van der Waals surface area contributed by atoms with Crippen LogP contribution >= 0.6 is 22.9 Å². The second-order valence-electron chi connectivity index (χ2n) is 6.98. The maximum absolute atomic E-state index is 13.8. The maximum atomic E-state index is 13.8. The Balaban J connectivity index is 1.68. The summed E-state index contributed by atoms with van der Waals surface area (Å²) in [5, 5.41) is 11.1. The van der Waals surface area contributed by atoms with Gasteiger partial charge >= 0.3 is 6.18 Å². The van der Waals surface area contributed by atoms with Crippen molar-refractivity contribution >= 4 is 40.4 Å². The predicted octanol–water partition coefficient (Wildman–Crippen LogP) is 5.53. The van der Waals surface area contributed by atoms with Crippen LogP contribution in [0.3, 0.4) is 0 Å². The summed E-state index contributed by atoms with van der Waals surface area (Å²) in [5.74, 6) is -0.00438. The molecule has 32 heavy (non-hydrogen) atoms. The number of amides is 1. The van der Waals surface area contributed by atoms with E-state index in [0.717, 1.165) is 9.56 Å². The highest BCUT2D eigenvalue weighted by atomic mass is 35.5. The largest absolute Gasteiger partial charge is 0.497 e. The molecule has 0 aliphatic carbocycles. The number of aromatic nitrogens is 2. The van der Waals surface area contributed by atoms with E-state index in [2.05, 4.69) is 15.7 Å². The first-order chi connectivity index (χ1) is 15.2. The quantitative estimate of drug-likeness (QED) is 0.496. The van der Waals surface area contributed by atoms with Gasteiger partial charge in [0, 0.05) is 17.4 Å². The van der Waals surface area contributed by atoms with E-state index in [-0.39, 0.29) is 28.6 Å². The zero-order chi connectivity index (χ0) is 23.0. The highest BCUT2D eigenvalue weighted by molar-refractivity contribution is 7.10. The Morgan fingerprint density at radius 2 is 2.09 bits per heavy atom. The maximum Gasteiger partial charge on any atom is 0.410 e. The fourth-order valence-electron chi connectivity index (χ4n) is 3.49. The number of nitrogens with one attached hydrogen (secondary N) is 2. The van der Waals surface area contributed by atoms with Crippen molar-refractivity contribution in [2.45, 2.75) is 24.7 Å². The van der Waals surface area contributed by atoms with E-state index in [9.17, 15) is 18.0 Å². The molecular formula is C20H18ClF3N4O3S. The number of halogens is 4. The van der Waals surface area contributed by atoms with Gasteiger partial charge in [0.15, 0.2) is 11.7 Å². The van der Waals surface area contributed by atoms with E-state index in [1.165, 1.54) is 25.6 Å². The summed E-state index contributed by atoms with van der Waals surface area (Å²) in [6, 6.07) is 5.68. The molecule has 0 saturated carbocycles. The van der Waals surface area contributed by atoms with Crippen LogP contribution in [0.1, 0.15) is 33.9 Å². The number of anilines is 2. The SMILES string of the molecule is COc1ccc(NC(=O)c2nn3c(c2Cl)N[C@@H](c2cccs2)C[C@H]3C(F)(F)F)c(OC)c1. The molecule has 0 radical (unpaired) electrons. The Morgan fingerprint density at radius 3 is 2.72 bits per heavy atom. The standard InChI is InChI=1S/C20H18ClF3N4O3S/c1-30-10-5-6-11(13(8-10)31-2)26-19(29)17-16(21)18-25-12(14-4-3-7-32-14)9-15(20(22,23)24)28(18)27-17/h3-8,12,15,25H,9H2,1-2H3,(H,26,29)/t12-,15+/m1/s1. The van der Waals surface area contributed by atoms with Gasteiger partial charge in [0.2, 0.25) is 0 Å². The summed E-state index contributed by atoms with van der Waals surface area (Å²) in [7, 11) is 2.89. The highest BCUT2D eigenvalue weighted by Crippen LogP contribution is 2.47. The second kappa shape index (κ2) is 8.55. The Morgan fingerprint density at radius 1 is 1.31 bits per heavy atom. The predicted molar refractivity (Wildman–Crippen MR) is 115 cm³/mol. The number of methoxy groups -OCH3 is 2. The van der Waals surface area contributed by atoms with Gasteiger partial charge in [0.25, 0.3) is 5.91 Å². The minimum absolute atomic E-state index is 0.0505. The first-order valence-electron chi connectivity index (χ1n) is 9.41. The van der Waals surface area contributed by atoms with E-state index >= 15 is 0 Å². The number of carbonyl (C=O) groups excluding carboxylic acids is 1. The number of alkyl halides is 3. The summed E-state index contributed by atoms with van der Waals surface area (Å²) in [5.41, 5.74) is -0.0368. The molecule has 12 heteroatoms. The van der Waals surface area contributed by atoms with Crippen LogP contribution in [-0.2, 0) is 0 Å². The minimum atomic E-state index is -4.57. The van der Waals surface area contributed by atoms with Gasteiger partial charge in [-0.3, -0.25) is 4.79 Å². The average Bonchev–Trinajstić information content (AvgIpc) is 3.41. The van der Waals surface area contributed by atoms with Gasteiger partial charge in [0.05, 0.1) is 25.9 Å². The molecule has 2 aromatic heterocycles. The van der Waals surface area contributed by atoms with Gasteiger partial charge in [0.1, 0.15) is 22.3 Å². The molecule has 1 aromatic carbocycles. The first kappa shape index (κ1) is 22.3. The van der Waals surface area contributed by atoms with Gasteiger partial charge in [-0.2, -0.15) is 18.3 Å². The Labute approximate surface area is 190 Å². The molecule has 0 saturated heterocycles. The Kier molecular flexibility index (Phi) is 5.95. The van der Waals surface area contributed by atoms with E-state index in [1.54, 1.807) is 35.7 Å². The van der Waals surface area contributed by atoms with Crippen LogP contribution in [0.2, 0.25) is 5.02 Å². The number of hydrogen-bond donors (Lipinski definition) is 2. The van der Waals surface area contributed by atoms with Gasteiger partial charge in [-0.05, 0) is 23.6 Å². The monoisotopic (exact) mass is 486 g/mol. The number of ether oxygens (including phenoxy) is 2. The fourth-order valence-corrected chi connectivity index (χ4v) is 4.55. The van der Waals surface area contributed by atoms with E-state index in [1.807, 2.05) is 0 Å². The third-order valence-corrected chi connectivity index (χ3v) is 6.40. The van der Waals surface area contributed by atoms with E-state index in [0.29, 0.717) is 11.5 Å². The first-order valence-corrected chi connectivity index (χ1v) is 10.7. The molecule has 0 unspecified atom stereocenters. The normalized spacial score (nSPS) is 17.9. The summed E-state index contributed by atoms with van der Waals surface area (Å²) in [6.45, 7) is 0. The van der Waals surface area contributed by atoms with Crippen molar-refractivity contribution in [2.75, 3.05) is 24.9 Å². The van der Waals surface area contributed by atoms with Crippen LogP contribution in [-0.4, -0.2) is 36.1 Å². The van der Waals surface area contributed by atoms with Gasteiger partial charge in [-0.15, -0.1) is 11.3 Å². The molecule has 0 bridgehead atoms. The lowest BCUT2D eigenvalue weighted by atomic mass is 10.0. The van der Waals surface area contributed by atoms with Crippen LogP contribution in [0.25, 0.3) is 0 Å². The van der Waals surface area contributed by atoms with E-state index in [4.69, 9.17) is 21.1 Å². The van der Waals surface area contributed by atoms with Crippen molar-refractivity contribution in [3.05, 3.63) is 51.3 Å². The molecule has 3 aromatic rings. The van der Waals surface area contributed by atoms with Crippen LogP contribution in [0, 0.1) is 0 Å². The van der Waals surface area contributed by atoms with Crippen molar-refractivity contribution in [3.8, 4) is 11.5 Å². The van der Waals surface area contributed by atoms with Crippen molar-refractivity contribution in [1.82, 2.24) is 9.78 Å². The van der Waals surface area contributed by atoms with Crippen molar-refractivity contribution in [2.24, 2.45) is 0 Å².